The molecule has 0 bridgehead atoms. The molecule has 17 aromatic rings. The van der Waals surface area contributed by atoms with E-state index in [9.17, 15) is 0 Å². The molecule has 0 aliphatic heterocycles. The quantitative estimate of drug-likeness (QED) is 0.0713. The van der Waals surface area contributed by atoms with Crippen molar-refractivity contribution in [1.29, 1.82) is 0 Å². The standard InChI is InChI=1S/C46H38N2.C34H31N.C28H27N/c1-3-33(2)34-18-20-36(21-19-34)38-22-26-40(27-23-38)47(39-14-8-5-9-15-39)42-30-31-46-44(32-42)43-16-10-11-17-45(43)48(46)41-28-24-37(25-29-41)35-12-6-4-7-13-35;1-3-26(2)31-15-10-16-34(25-31)35(32-21-17-29(18-22-32)27-11-6-4-7-12-27)33-23-19-30(20-24-33)28-13-8-5-9-14-28;1-3-22(2)25-13-10-16-28(21-25)29(26-14-8-5-9-15-26)27-19-17-24(18-20-27)23-11-6-4-7-12-23/h4-33H,3H2,1-2H3;4-26H,3H2,1-2H3;4-22H,3H2,1-2H3. The fraction of sp³-hybridized carbons (Fsp3) is 0.111. The molecule has 0 spiro atoms. The van der Waals surface area contributed by atoms with Crippen LogP contribution < -0.4 is 14.7 Å². The average Bonchev–Trinajstić information content (AvgIpc) is 1.60. The SMILES string of the molecule is CCC(C)c1ccc(-c2ccc(N(c3ccccc3)c3ccc4c(c3)c3ccccc3n4-c3ccc(-c4ccccc4)cc3)cc2)cc1.CCC(C)c1cccc(N(c2ccc(-c3ccccc3)cc2)c2ccc(-c3ccccc3)cc2)c1.CCC(C)c1cccc(N(c2ccccc2)c2ccc(-c3ccccc3)cc2)c1. The third-order valence-electron chi connectivity index (χ3n) is 22.0. The second-order valence-electron chi connectivity index (χ2n) is 29.2. The van der Waals surface area contributed by atoms with E-state index in [4.69, 9.17) is 0 Å². The highest BCUT2D eigenvalue weighted by Gasteiger charge is 2.21. The van der Waals surface area contributed by atoms with E-state index in [0.29, 0.717) is 17.8 Å². The molecular formula is C108H96N4. The normalized spacial score (nSPS) is 11.8. The lowest BCUT2D eigenvalue weighted by atomic mass is 9.96. The summed E-state index contributed by atoms with van der Waals surface area (Å²) in [5.74, 6) is 1.65. The van der Waals surface area contributed by atoms with Crippen LogP contribution in [0, 0.1) is 0 Å². The number of fused-ring (bicyclic) bond motifs is 3. The second kappa shape index (κ2) is 35.4. The van der Waals surface area contributed by atoms with Crippen LogP contribution in [0.15, 0.2) is 419 Å². The highest BCUT2D eigenvalue weighted by molar-refractivity contribution is 6.11. The minimum absolute atomic E-state index is 0.526. The predicted molar refractivity (Wildman–Crippen MR) is 481 cm³/mol. The lowest BCUT2D eigenvalue weighted by Crippen LogP contribution is -2.10. The molecule has 4 nitrogen and oxygen atoms in total. The van der Waals surface area contributed by atoms with Crippen molar-refractivity contribution in [1.82, 2.24) is 4.57 Å². The van der Waals surface area contributed by atoms with Gasteiger partial charge in [0.1, 0.15) is 0 Å². The summed E-state index contributed by atoms with van der Waals surface area (Å²) in [5, 5.41) is 2.47. The van der Waals surface area contributed by atoms with Crippen molar-refractivity contribution in [3.05, 3.63) is 435 Å². The first-order valence-corrected chi connectivity index (χ1v) is 39.7. The molecule has 1 aromatic heterocycles. The van der Waals surface area contributed by atoms with Gasteiger partial charge in [0.05, 0.1) is 11.0 Å². The van der Waals surface area contributed by atoms with Crippen LogP contribution in [0.1, 0.15) is 95.2 Å². The maximum Gasteiger partial charge on any atom is 0.0542 e. The molecule has 3 unspecified atom stereocenters. The summed E-state index contributed by atoms with van der Waals surface area (Å²) >= 11 is 0. The minimum atomic E-state index is 0.526. The molecule has 0 fully saturated rings. The number of para-hydroxylation sites is 3. The first-order valence-electron chi connectivity index (χ1n) is 39.7. The lowest BCUT2D eigenvalue weighted by Gasteiger charge is -2.27. The van der Waals surface area contributed by atoms with Crippen molar-refractivity contribution in [2.45, 2.75) is 78.6 Å². The number of hydrogen-bond donors (Lipinski definition) is 0. The molecule has 17 rings (SSSR count). The van der Waals surface area contributed by atoms with Crippen molar-refractivity contribution in [2.75, 3.05) is 14.7 Å². The Morgan fingerprint density at radius 3 is 0.795 bits per heavy atom. The third kappa shape index (κ3) is 16.9. The Kier molecular flexibility index (Phi) is 23.4. The van der Waals surface area contributed by atoms with Crippen molar-refractivity contribution in [3.63, 3.8) is 0 Å². The monoisotopic (exact) mass is 1450 g/mol. The molecule has 16 aromatic carbocycles. The number of anilines is 9. The van der Waals surface area contributed by atoms with E-state index in [1.54, 1.807) is 0 Å². The maximum atomic E-state index is 2.39. The van der Waals surface area contributed by atoms with Crippen molar-refractivity contribution >= 4 is 73.0 Å². The molecule has 0 amide bonds. The summed E-state index contributed by atoms with van der Waals surface area (Å²) in [5.41, 5.74) is 30.4. The number of aromatic nitrogens is 1. The highest BCUT2D eigenvalue weighted by atomic mass is 15.2. The Bertz CT molecular complexity index is 5730. The van der Waals surface area contributed by atoms with Crippen LogP contribution in [0.2, 0.25) is 0 Å². The molecule has 1 heterocycles. The van der Waals surface area contributed by atoms with Crippen LogP contribution in [0.5, 0.6) is 0 Å². The van der Waals surface area contributed by atoms with Crippen LogP contribution in [0.3, 0.4) is 0 Å². The van der Waals surface area contributed by atoms with Crippen molar-refractivity contribution in [2.24, 2.45) is 0 Å². The molecule has 0 N–H and O–H groups in total. The minimum Gasteiger partial charge on any atom is -0.310 e. The van der Waals surface area contributed by atoms with E-state index in [2.05, 4.69) is 479 Å². The topological polar surface area (TPSA) is 14.7 Å². The Balaban J connectivity index is 0.000000138. The van der Waals surface area contributed by atoms with Crippen LogP contribution in [0.25, 0.3) is 83.1 Å². The van der Waals surface area contributed by atoms with Gasteiger partial charge in [0.15, 0.2) is 0 Å². The summed E-state index contributed by atoms with van der Waals surface area (Å²) in [6.07, 6.45) is 3.42. The Hall–Kier alpha value is -13.3. The second-order valence-corrected chi connectivity index (χ2v) is 29.2. The van der Waals surface area contributed by atoms with Gasteiger partial charge in [0.2, 0.25) is 0 Å². The van der Waals surface area contributed by atoms with Gasteiger partial charge < -0.3 is 19.3 Å². The molecule has 0 saturated carbocycles. The van der Waals surface area contributed by atoms with Gasteiger partial charge in [-0.3, -0.25) is 0 Å². The molecule has 4 heteroatoms. The van der Waals surface area contributed by atoms with Gasteiger partial charge in [-0.25, -0.2) is 0 Å². The Morgan fingerprint density at radius 2 is 0.446 bits per heavy atom. The zero-order chi connectivity index (χ0) is 76.5. The molecule has 548 valence electrons. The van der Waals surface area contributed by atoms with E-state index in [1.165, 1.54) is 111 Å². The highest BCUT2D eigenvalue weighted by Crippen LogP contribution is 2.44. The van der Waals surface area contributed by atoms with Crippen LogP contribution in [0.4, 0.5) is 51.2 Å². The smallest absolute Gasteiger partial charge is 0.0542 e. The van der Waals surface area contributed by atoms with E-state index < -0.39 is 0 Å². The van der Waals surface area contributed by atoms with Gasteiger partial charge in [-0.05, 0) is 243 Å². The third-order valence-corrected chi connectivity index (χ3v) is 22.0. The summed E-state index contributed by atoms with van der Waals surface area (Å²) in [6, 6.07) is 151. The van der Waals surface area contributed by atoms with Gasteiger partial charge in [0.25, 0.3) is 0 Å². The predicted octanol–water partition coefficient (Wildman–Crippen LogP) is 31.4. The zero-order valence-corrected chi connectivity index (χ0v) is 65.0. The largest absolute Gasteiger partial charge is 0.310 e. The molecule has 3 atom stereocenters. The fourth-order valence-electron chi connectivity index (χ4n) is 15.1. The molecule has 0 radical (unpaired) electrons. The van der Waals surface area contributed by atoms with Gasteiger partial charge in [-0.15, -0.1) is 0 Å². The van der Waals surface area contributed by atoms with E-state index >= 15 is 0 Å². The molecule has 112 heavy (non-hydrogen) atoms. The average molecular weight is 1450 g/mol. The Morgan fingerprint density at radius 1 is 0.196 bits per heavy atom. The number of nitrogens with zero attached hydrogens (tertiary/aromatic N) is 4. The number of benzene rings is 16. The first kappa shape index (κ1) is 74.2. The fourth-order valence-corrected chi connectivity index (χ4v) is 15.1. The first-order chi connectivity index (χ1) is 55.2. The maximum absolute atomic E-state index is 2.39. The Labute approximate surface area is 663 Å². The van der Waals surface area contributed by atoms with Gasteiger partial charge in [-0.1, -0.05) is 327 Å². The summed E-state index contributed by atoms with van der Waals surface area (Å²) in [6.45, 7) is 13.6. The van der Waals surface area contributed by atoms with Gasteiger partial charge in [-0.2, -0.15) is 0 Å². The lowest BCUT2D eigenvalue weighted by molar-refractivity contribution is 0.733. The van der Waals surface area contributed by atoms with Gasteiger partial charge >= 0.3 is 0 Å². The number of hydrogen-bond acceptors (Lipinski definition) is 3. The van der Waals surface area contributed by atoms with E-state index in [-0.39, 0.29) is 0 Å². The molecule has 0 aliphatic rings. The van der Waals surface area contributed by atoms with E-state index in [0.717, 1.165) is 59.1 Å². The number of rotatable bonds is 21. The molecular weight excluding hydrogens is 1350 g/mol. The van der Waals surface area contributed by atoms with Crippen LogP contribution >= 0.6 is 0 Å². The van der Waals surface area contributed by atoms with Gasteiger partial charge in [0, 0.05) is 67.6 Å². The summed E-state index contributed by atoms with van der Waals surface area (Å²) in [4.78, 5) is 7.05. The zero-order valence-electron chi connectivity index (χ0n) is 65.0. The molecule has 0 aliphatic carbocycles. The summed E-state index contributed by atoms with van der Waals surface area (Å²) in [7, 11) is 0. The van der Waals surface area contributed by atoms with Crippen molar-refractivity contribution < 1.29 is 0 Å². The van der Waals surface area contributed by atoms with Crippen LogP contribution in [-0.2, 0) is 0 Å². The summed E-state index contributed by atoms with van der Waals surface area (Å²) < 4.78 is 2.39. The van der Waals surface area contributed by atoms with Crippen LogP contribution in [-0.4, -0.2) is 4.57 Å². The van der Waals surface area contributed by atoms with E-state index in [1.807, 2.05) is 0 Å². The van der Waals surface area contributed by atoms with Crippen molar-refractivity contribution in [3.8, 4) is 61.3 Å². The molecule has 0 saturated heterocycles.